The SMILES string of the molecule is CCCC1CCC(n2c(=O)[nH]c(Cl)c(C(C)C)c2=O)CC1. The summed E-state index contributed by atoms with van der Waals surface area (Å²) < 4.78 is 1.41. The van der Waals surface area contributed by atoms with Crippen molar-refractivity contribution in [1.82, 2.24) is 9.55 Å². The number of halogens is 1. The van der Waals surface area contributed by atoms with Gasteiger partial charge in [0.2, 0.25) is 0 Å². The molecular weight excluding hydrogens is 288 g/mol. The van der Waals surface area contributed by atoms with Gasteiger partial charge in [-0.1, -0.05) is 45.2 Å². The minimum absolute atomic E-state index is 0.00419. The van der Waals surface area contributed by atoms with Gasteiger partial charge in [0, 0.05) is 6.04 Å². The van der Waals surface area contributed by atoms with Gasteiger partial charge in [0.1, 0.15) is 5.15 Å². The third-order valence-corrected chi connectivity index (χ3v) is 4.87. The Hall–Kier alpha value is -1.03. The predicted octanol–water partition coefficient (Wildman–Crippen LogP) is 3.84. The van der Waals surface area contributed by atoms with E-state index in [1.54, 1.807) is 0 Å². The Labute approximate surface area is 130 Å². The van der Waals surface area contributed by atoms with Crippen LogP contribution < -0.4 is 11.2 Å². The largest absolute Gasteiger partial charge is 0.329 e. The number of aromatic nitrogens is 2. The third kappa shape index (κ3) is 3.42. The van der Waals surface area contributed by atoms with Crippen LogP contribution in [0.2, 0.25) is 5.15 Å². The van der Waals surface area contributed by atoms with Gasteiger partial charge in [-0.25, -0.2) is 4.79 Å². The van der Waals surface area contributed by atoms with Gasteiger partial charge in [-0.2, -0.15) is 0 Å². The van der Waals surface area contributed by atoms with Crippen molar-refractivity contribution in [1.29, 1.82) is 0 Å². The molecule has 0 saturated heterocycles. The Morgan fingerprint density at radius 3 is 2.38 bits per heavy atom. The van der Waals surface area contributed by atoms with Crippen LogP contribution in [0.1, 0.15) is 76.8 Å². The molecule has 0 aliphatic heterocycles. The van der Waals surface area contributed by atoms with Crippen molar-refractivity contribution in [3.63, 3.8) is 0 Å². The molecule has 1 saturated carbocycles. The zero-order valence-corrected chi connectivity index (χ0v) is 13.9. The maximum Gasteiger partial charge on any atom is 0.329 e. The normalized spacial score (nSPS) is 22.7. The van der Waals surface area contributed by atoms with Crippen LogP contribution in [0.25, 0.3) is 0 Å². The van der Waals surface area contributed by atoms with E-state index in [2.05, 4.69) is 11.9 Å². The van der Waals surface area contributed by atoms with E-state index >= 15 is 0 Å². The molecule has 2 rings (SSSR count). The van der Waals surface area contributed by atoms with Crippen LogP contribution in [0.15, 0.2) is 9.59 Å². The molecule has 0 atom stereocenters. The van der Waals surface area contributed by atoms with Crippen LogP contribution in [0.3, 0.4) is 0 Å². The van der Waals surface area contributed by atoms with Gasteiger partial charge in [0.05, 0.1) is 5.56 Å². The van der Waals surface area contributed by atoms with E-state index in [4.69, 9.17) is 11.6 Å². The summed E-state index contributed by atoms with van der Waals surface area (Å²) in [6.45, 7) is 6.04. The summed E-state index contributed by atoms with van der Waals surface area (Å²) >= 11 is 6.04. The van der Waals surface area contributed by atoms with Crippen LogP contribution >= 0.6 is 11.6 Å². The van der Waals surface area contributed by atoms with Crippen molar-refractivity contribution < 1.29 is 0 Å². The number of hydrogen-bond donors (Lipinski definition) is 1. The first-order chi connectivity index (χ1) is 9.95. The molecule has 1 N–H and O–H groups in total. The minimum atomic E-state index is -0.367. The van der Waals surface area contributed by atoms with Gasteiger partial charge in [-0.15, -0.1) is 0 Å². The lowest BCUT2D eigenvalue weighted by molar-refractivity contribution is 0.253. The Morgan fingerprint density at radius 2 is 1.86 bits per heavy atom. The summed E-state index contributed by atoms with van der Waals surface area (Å²) in [5, 5.41) is 0.191. The number of nitrogens with one attached hydrogen (secondary N) is 1. The zero-order valence-electron chi connectivity index (χ0n) is 13.1. The van der Waals surface area contributed by atoms with Crippen molar-refractivity contribution in [3.8, 4) is 0 Å². The summed E-state index contributed by atoms with van der Waals surface area (Å²) in [5.74, 6) is 0.752. The van der Waals surface area contributed by atoms with E-state index < -0.39 is 0 Å². The van der Waals surface area contributed by atoms with Crippen LogP contribution in [-0.2, 0) is 0 Å². The van der Waals surface area contributed by atoms with Gasteiger partial charge in [0.25, 0.3) is 5.56 Å². The second-order valence-electron chi connectivity index (χ2n) is 6.45. The van der Waals surface area contributed by atoms with E-state index in [0.29, 0.717) is 5.56 Å². The molecule has 1 aliphatic rings. The van der Waals surface area contributed by atoms with Crippen LogP contribution in [0.4, 0.5) is 0 Å². The summed E-state index contributed by atoms with van der Waals surface area (Å²) in [7, 11) is 0. The molecule has 4 nitrogen and oxygen atoms in total. The Morgan fingerprint density at radius 1 is 1.24 bits per heavy atom. The third-order valence-electron chi connectivity index (χ3n) is 4.58. The smallest absolute Gasteiger partial charge is 0.297 e. The summed E-state index contributed by atoms with van der Waals surface area (Å²) in [6.07, 6.45) is 6.47. The lowest BCUT2D eigenvalue weighted by Gasteiger charge is -2.29. The quantitative estimate of drug-likeness (QED) is 0.859. The zero-order chi connectivity index (χ0) is 15.6. The first kappa shape index (κ1) is 16.3. The van der Waals surface area contributed by atoms with Gasteiger partial charge >= 0.3 is 5.69 Å². The fourth-order valence-electron chi connectivity index (χ4n) is 3.47. The van der Waals surface area contributed by atoms with Crippen molar-refractivity contribution in [2.24, 2.45) is 5.92 Å². The van der Waals surface area contributed by atoms with E-state index in [9.17, 15) is 9.59 Å². The van der Waals surface area contributed by atoms with Gasteiger partial charge < -0.3 is 0 Å². The highest BCUT2D eigenvalue weighted by atomic mass is 35.5. The second kappa shape index (κ2) is 6.82. The van der Waals surface area contributed by atoms with Crippen molar-refractivity contribution in [2.45, 2.75) is 71.3 Å². The molecule has 21 heavy (non-hydrogen) atoms. The molecule has 5 heteroatoms. The maximum absolute atomic E-state index is 12.6. The molecule has 0 spiro atoms. The predicted molar refractivity (Wildman–Crippen MR) is 86.3 cm³/mol. The number of rotatable bonds is 4. The summed E-state index contributed by atoms with van der Waals surface area (Å²) in [4.78, 5) is 27.4. The van der Waals surface area contributed by atoms with Gasteiger partial charge in [-0.05, 0) is 37.5 Å². The average molecular weight is 313 g/mol. The molecular formula is C16H25ClN2O2. The minimum Gasteiger partial charge on any atom is -0.297 e. The van der Waals surface area contributed by atoms with Gasteiger partial charge in [-0.3, -0.25) is 14.3 Å². The van der Waals surface area contributed by atoms with E-state index in [-0.39, 0.29) is 28.4 Å². The number of nitrogens with zero attached hydrogens (tertiary/aromatic N) is 1. The Kier molecular flexibility index (Phi) is 5.31. The molecule has 118 valence electrons. The van der Waals surface area contributed by atoms with Crippen LogP contribution in [-0.4, -0.2) is 9.55 Å². The highest BCUT2D eigenvalue weighted by Gasteiger charge is 2.26. The Bertz CT molecular complexity index is 595. The topological polar surface area (TPSA) is 54.9 Å². The molecule has 0 bridgehead atoms. The molecule has 1 aliphatic carbocycles. The fraction of sp³-hybridized carbons (Fsp3) is 0.750. The monoisotopic (exact) mass is 312 g/mol. The molecule has 0 amide bonds. The lowest BCUT2D eigenvalue weighted by Crippen LogP contribution is -2.41. The number of aromatic amines is 1. The molecule has 1 aromatic heterocycles. The van der Waals surface area contributed by atoms with E-state index in [1.165, 1.54) is 17.4 Å². The first-order valence-electron chi connectivity index (χ1n) is 7.99. The molecule has 1 fully saturated rings. The van der Waals surface area contributed by atoms with E-state index in [1.807, 2.05) is 13.8 Å². The molecule has 0 unspecified atom stereocenters. The van der Waals surface area contributed by atoms with Crippen molar-refractivity contribution >= 4 is 11.6 Å². The highest BCUT2D eigenvalue weighted by molar-refractivity contribution is 6.30. The van der Waals surface area contributed by atoms with Crippen LogP contribution in [0, 0.1) is 5.92 Å². The highest BCUT2D eigenvalue weighted by Crippen LogP contribution is 2.33. The number of H-pyrrole nitrogens is 1. The lowest BCUT2D eigenvalue weighted by atomic mass is 9.83. The van der Waals surface area contributed by atoms with Crippen molar-refractivity contribution in [3.05, 3.63) is 31.6 Å². The molecule has 0 radical (unpaired) electrons. The van der Waals surface area contributed by atoms with Crippen LogP contribution in [0.5, 0.6) is 0 Å². The second-order valence-corrected chi connectivity index (χ2v) is 6.83. The average Bonchev–Trinajstić information content (AvgIpc) is 2.40. The summed E-state index contributed by atoms with van der Waals surface area (Å²) in [6, 6.07) is 0.0177. The first-order valence-corrected chi connectivity index (χ1v) is 8.37. The molecule has 1 heterocycles. The summed E-state index contributed by atoms with van der Waals surface area (Å²) in [5.41, 5.74) is -0.0574. The maximum atomic E-state index is 12.6. The van der Waals surface area contributed by atoms with E-state index in [0.717, 1.165) is 31.6 Å². The van der Waals surface area contributed by atoms with Crippen molar-refractivity contribution in [2.75, 3.05) is 0 Å². The Balaban J connectivity index is 2.31. The fourth-order valence-corrected chi connectivity index (χ4v) is 3.85. The molecule has 1 aromatic rings. The molecule has 0 aromatic carbocycles. The van der Waals surface area contributed by atoms with Gasteiger partial charge in [0.15, 0.2) is 0 Å². The number of hydrogen-bond acceptors (Lipinski definition) is 2. The standard InChI is InChI=1S/C16H25ClN2O2/c1-4-5-11-6-8-12(9-7-11)19-15(20)13(10(2)3)14(17)18-16(19)21/h10-12H,4-9H2,1-3H3,(H,18,21).